The average Bonchev–Trinajstić information content (AvgIpc) is 2.13. The van der Waals surface area contributed by atoms with Crippen LogP contribution in [-0.2, 0) is 9.47 Å². The third-order valence-electron chi connectivity index (χ3n) is 1.60. The minimum absolute atomic E-state index is 0.0300. The number of ether oxygens (including phenoxy) is 2. The number of rotatable bonds is 7. The zero-order chi connectivity index (χ0) is 10.8. The Morgan fingerprint density at radius 1 is 1.36 bits per heavy atom. The highest BCUT2D eigenvalue weighted by Gasteiger charge is 2.04. The van der Waals surface area contributed by atoms with Gasteiger partial charge in [0.1, 0.15) is 0 Å². The molecule has 0 heterocycles. The summed E-state index contributed by atoms with van der Waals surface area (Å²) in [6.07, 6.45) is 0.822. The van der Waals surface area contributed by atoms with Crippen LogP contribution in [0, 0.1) is 0 Å². The van der Waals surface area contributed by atoms with E-state index in [4.69, 9.17) is 9.47 Å². The van der Waals surface area contributed by atoms with Gasteiger partial charge in [-0.3, -0.25) is 0 Å². The van der Waals surface area contributed by atoms with Gasteiger partial charge >= 0.3 is 6.03 Å². The second-order valence-electron chi connectivity index (χ2n) is 3.10. The van der Waals surface area contributed by atoms with Gasteiger partial charge in [0.2, 0.25) is 0 Å². The lowest BCUT2D eigenvalue weighted by atomic mass is 10.4. The topological polar surface area (TPSA) is 59.6 Å². The molecule has 0 aliphatic rings. The predicted octanol–water partition coefficient (Wildman–Crippen LogP) is 0.357. The number of carbonyl (C=O) groups excluding carboxylic acids is 1. The van der Waals surface area contributed by atoms with Crippen LogP contribution in [0.15, 0.2) is 0 Å². The molecule has 2 amide bonds. The fourth-order valence-electron chi connectivity index (χ4n) is 0.985. The van der Waals surface area contributed by atoms with Gasteiger partial charge in [0.15, 0.2) is 0 Å². The first-order valence-electron chi connectivity index (χ1n) is 4.73. The molecule has 1 atom stereocenters. The second-order valence-corrected chi connectivity index (χ2v) is 3.10. The van der Waals surface area contributed by atoms with Gasteiger partial charge in [-0.2, -0.15) is 0 Å². The Balaban J connectivity index is 3.35. The molecule has 84 valence electrons. The quantitative estimate of drug-likeness (QED) is 0.588. The molecular formula is C9H20N2O3. The van der Waals surface area contributed by atoms with Crippen molar-refractivity contribution in [3.63, 3.8) is 0 Å². The van der Waals surface area contributed by atoms with Crippen molar-refractivity contribution in [3.8, 4) is 0 Å². The molecule has 5 nitrogen and oxygen atoms in total. The number of amides is 2. The molecule has 0 saturated heterocycles. The van der Waals surface area contributed by atoms with E-state index < -0.39 is 0 Å². The number of methoxy groups -OCH3 is 2. The molecule has 0 spiro atoms. The van der Waals surface area contributed by atoms with Crippen LogP contribution in [0.3, 0.4) is 0 Å². The summed E-state index contributed by atoms with van der Waals surface area (Å²) in [4.78, 5) is 11.2. The maximum absolute atomic E-state index is 11.2. The lowest BCUT2D eigenvalue weighted by molar-refractivity contribution is 0.170. The van der Waals surface area contributed by atoms with Crippen LogP contribution < -0.4 is 10.6 Å². The Labute approximate surface area is 85.1 Å². The van der Waals surface area contributed by atoms with Crippen molar-refractivity contribution in [2.24, 2.45) is 0 Å². The van der Waals surface area contributed by atoms with Crippen molar-refractivity contribution in [3.05, 3.63) is 0 Å². The first-order chi connectivity index (χ1) is 6.70. The molecular weight excluding hydrogens is 184 g/mol. The maximum Gasteiger partial charge on any atom is 0.315 e. The van der Waals surface area contributed by atoms with E-state index in [2.05, 4.69) is 10.6 Å². The standard InChI is InChI=1S/C9H20N2O3/c1-8(7-14-3)11-9(12)10-5-4-6-13-2/h8H,4-7H2,1-3H3,(H2,10,11,12). The third-order valence-corrected chi connectivity index (χ3v) is 1.60. The third kappa shape index (κ3) is 7.82. The molecule has 14 heavy (non-hydrogen) atoms. The largest absolute Gasteiger partial charge is 0.385 e. The van der Waals surface area contributed by atoms with E-state index in [-0.39, 0.29) is 12.1 Å². The fourth-order valence-corrected chi connectivity index (χ4v) is 0.985. The van der Waals surface area contributed by atoms with Crippen LogP contribution in [0.1, 0.15) is 13.3 Å². The summed E-state index contributed by atoms with van der Waals surface area (Å²) in [7, 11) is 3.25. The van der Waals surface area contributed by atoms with Gasteiger partial charge in [0.05, 0.1) is 12.6 Å². The summed E-state index contributed by atoms with van der Waals surface area (Å²) in [5.74, 6) is 0. The Hall–Kier alpha value is -0.810. The van der Waals surface area contributed by atoms with Crippen LogP contribution in [0.2, 0.25) is 0 Å². The SMILES string of the molecule is COCCCNC(=O)NC(C)COC. The monoisotopic (exact) mass is 204 g/mol. The summed E-state index contributed by atoms with van der Waals surface area (Å²) in [6, 6.07) is -0.131. The van der Waals surface area contributed by atoms with Crippen molar-refractivity contribution in [1.82, 2.24) is 10.6 Å². The number of carbonyl (C=O) groups is 1. The maximum atomic E-state index is 11.2. The number of urea groups is 1. The average molecular weight is 204 g/mol. The molecule has 5 heteroatoms. The van der Waals surface area contributed by atoms with Gasteiger partial charge in [-0.05, 0) is 13.3 Å². The van der Waals surface area contributed by atoms with Crippen molar-refractivity contribution < 1.29 is 14.3 Å². The van der Waals surface area contributed by atoms with E-state index in [1.807, 2.05) is 6.92 Å². The highest BCUT2D eigenvalue weighted by Crippen LogP contribution is 1.82. The minimum atomic E-state index is -0.161. The van der Waals surface area contributed by atoms with Crippen LogP contribution >= 0.6 is 0 Å². The van der Waals surface area contributed by atoms with Crippen LogP contribution in [0.4, 0.5) is 4.79 Å². The van der Waals surface area contributed by atoms with Crippen LogP contribution in [0.5, 0.6) is 0 Å². The molecule has 2 N–H and O–H groups in total. The molecule has 0 aliphatic heterocycles. The van der Waals surface area contributed by atoms with E-state index in [0.717, 1.165) is 6.42 Å². The molecule has 0 saturated carbocycles. The number of hydrogen-bond donors (Lipinski definition) is 2. The lowest BCUT2D eigenvalue weighted by Crippen LogP contribution is -2.43. The molecule has 0 radical (unpaired) electrons. The van der Waals surface area contributed by atoms with Gasteiger partial charge in [-0.25, -0.2) is 4.79 Å². The summed E-state index contributed by atoms with van der Waals surface area (Å²) in [5.41, 5.74) is 0. The second kappa shape index (κ2) is 8.77. The van der Waals surface area contributed by atoms with Crippen molar-refractivity contribution in [2.45, 2.75) is 19.4 Å². The molecule has 0 aromatic heterocycles. The Kier molecular flexibility index (Phi) is 8.27. The molecule has 0 aliphatic carbocycles. The Morgan fingerprint density at radius 2 is 2.07 bits per heavy atom. The normalized spacial score (nSPS) is 12.2. The van der Waals surface area contributed by atoms with Gasteiger partial charge in [0.25, 0.3) is 0 Å². The number of nitrogens with one attached hydrogen (secondary N) is 2. The highest BCUT2D eigenvalue weighted by atomic mass is 16.5. The van der Waals surface area contributed by atoms with E-state index in [0.29, 0.717) is 19.8 Å². The lowest BCUT2D eigenvalue weighted by Gasteiger charge is -2.13. The van der Waals surface area contributed by atoms with E-state index in [1.54, 1.807) is 14.2 Å². The smallest absolute Gasteiger partial charge is 0.315 e. The number of hydrogen-bond acceptors (Lipinski definition) is 3. The van der Waals surface area contributed by atoms with Gasteiger partial charge in [0, 0.05) is 27.4 Å². The highest BCUT2D eigenvalue weighted by molar-refractivity contribution is 5.74. The van der Waals surface area contributed by atoms with Crippen LogP contribution in [-0.4, -0.2) is 46.1 Å². The summed E-state index contributed by atoms with van der Waals surface area (Å²) >= 11 is 0. The molecule has 0 aromatic carbocycles. The fraction of sp³-hybridized carbons (Fsp3) is 0.889. The zero-order valence-electron chi connectivity index (χ0n) is 9.13. The summed E-state index contributed by atoms with van der Waals surface area (Å²) < 4.78 is 9.74. The Bertz CT molecular complexity index is 153. The minimum Gasteiger partial charge on any atom is -0.385 e. The van der Waals surface area contributed by atoms with E-state index in [1.165, 1.54) is 0 Å². The Morgan fingerprint density at radius 3 is 2.64 bits per heavy atom. The van der Waals surface area contributed by atoms with E-state index >= 15 is 0 Å². The van der Waals surface area contributed by atoms with Crippen LogP contribution in [0.25, 0.3) is 0 Å². The van der Waals surface area contributed by atoms with Gasteiger partial charge in [-0.1, -0.05) is 0 Å². The van der Waals surface area contributed by atoms with Gasteiger partial charge in [-0.15, -0.1) is 0 Å². The molecule has 0 bridgehead atoms. The molecule has 1 unspecified atom stereocenters. The van der Waals surface area contributed by atoms with Crippen molar-refractivity contribution >= 4 is 6.03 Å². The summed E-state index contributed by atoms with van der Waals surface area (Å²) in [5, 5.41) is 5.46. The molecule has 0 fully saturated rings. The predicted molar refractivity (Wildman–Crippen MR) is 54.4 cm³/mol. The van der Waals surface area contributed by atoms with Crippen molar-refractivity contribution in [1.29, 1.82) is 0 Å². The zero-order valence-corrected chi connectivity index (χ0v) is 9.13. The van der Waals surface area contributed by atoms with Gasteiger partial charge < -0.3 is 20.1 Å². The molecule has 0 aromatic rings. The van der Waals surface area contributed by atoms with Crippen molar-refractivity contribution in [2.75, 3.05) is 34.0 Å². The van der Waals surface area contributed by atoms with E-state index in [9.17, 15) is 4.79 Å². The first-order valence-corrected chi connectivity index (χ1v) is 4.73. The first kappa shape index (κ1) is 13.2. The molecule has 0 rings (SSSR count). The summed E-state index contributed by atoms with van der Waals surface area (Å²) in [6.45, 7) is 3.69.